The van der Waals surface area contributed by atoms with Crippen LogP contribution in [0.25, 0.3) is 0 Å². The van der Waals surface area contributed by atoms with Crippen LogP contribution < -0.4 is 10.6 Å². The van der Waals surface area contributed by atoms with Crippen molar-refractivity contribution < 1.29 is 4.74 Å². The van der Waals surface area contributed by atoms with E-state index in [1.165, 1.54) is 25.7 Å². The smallest absolute Gasteiger partial charge is 0.191 e. The van der Waals surface area contributed by atoms with Crippen LogP contribution in [-0.4, -0.2) is 37.8 Å². The zero-order chi connectivity index (χ0) is 14.8. The van der Waals surface area contributed by atoms with Gasteiger partial charge in [-0.05, 0) is 39.0 Å². The Kier molecular flexibility index (Phi) is 12.5. The first-order valence-corrected chi connectivity index (χ1v) is 8.28. The molecule has 0 radical (unpaired) electrons. The fourth-order valence-corrected chi connectivity index (χ4v) is 2.44. The molecule has 2 atom stereocenters. The van der Waals surface area contributed by atoms with Crippen LogP contribution in [-0.2, 0) is 4.74 Å². The molecule has 0 saturated carbocycles. The molecule has 5 heteroatoms. The second-order valence-corrected chi connectivity index (χ2v) is 6.22. The summed E-state index contributed by atoms with van der Waals surface area (Å²) in [5.74, 6) is 1.73. The SMILES string of the molecule is CCNC(=NCC1CCCO1)NC(C)CCCC(C)C.I. The topological polar surface area (TPSA) is 45.7 Å². The average molecular weight is 411 g/mol. The van der Waals surface area contributed by atoms with Crippen molar-refractivity contribution in [3.8, 4) is 0 Å². The molecule has 0 bridgehead atoms. The molecule has 1 saturated heterocycles. The lowest BCUT2D eigenvalue weighted by Crippen LogP contribution is -2.42. The molecule has 1 heterocycles. The van der Waals surface area contributed by atoms with Gasteiger partial charge in [-0.3, -0.25) is 4.99 Å². The zero-order valence-corrected chi connectivity index (χ0v) is 16.5. The molecule has 1 aliphatic heterocycles. The summed E-state index contributed by atoms with van der Waals surface area (Å²) < 4.78 is 5.62. The lowest BCUT2D eigenvalue weighted by atomic mass is 10.0. The van der Waals surface area contributed by atoms with E-state index in [9.17, 15) is 0 Å². The van der Waals surface area contributed by atoms with Crippen molar-refractivity contribution in [1.82, 2.24) is 10.6 Å². The van der Waals surface area contributed by atoms with Crippen LogP contribution in [0.1, 0.15) is 59.8 Å². The number of hydrogen-bond donors (Lipinski definition) is 2. The van der Waals surface area contributed by atoms with Crippen molar-refractivity contribution in [2.75, 3.05) is 19.7 Å². The second-order valence-electron chi connectivity index (χ2n) is 6.22. The largest absolute Gasteiger partial charge is 0.376 e. The number of nitrogens with one attached hydrogen (secondary N) is 2. The second kappa shape index (κ2) is 12.5. The first-order valence-electron chi connectivity index (χ1n) is 8.28. The van der Waals surface area contributed by atoms with Crippen LogP contribution in [0.4, 0.5) is 0 Å². The third kappa shape index (κ3) is 10.3. The Bertz CT molecular complexity index is 279. The summed E-state index contributed by atoms with van der Waals surface area (Å²) in [4.78, 5) is 4.65. The Morgan fingerprint density at radius 3 is 2.62 bits per heavy atom. The highest BCUT2D eigenvalue weighted by Gasteiger charge is 2.15. The van der Waals surface area contributed by atoms with Gasteiger partial charge >= 0.3 is 0 Å². The molecule has 2 N–H and O–H groups in total. The summed E-state index contributed by atoms with van der Waals surface area (Å²) in [7, 11) is 0. The van der Waals surface area contributed by atoms with Gasteiger partial charge in [-0.25, -0.2) is 0 Å². The predicted octanol–water partition coefficient (Wildman–Crippen LogP) is 3.55. The molecule has 0 amide bonds. The summed E-state index contributed by atoms with van der Waals surface area (Å²) >= 11 is 0. The van der Waals surface area contributed by atoms with E-state index >= 15 is 0 Å². The maximum Gasteiger partial charge on any atom is 0.191 e. The summed E-state index contributed by atoms with van der Waals surface area (Å²) in [6, 6.07) is 0.469. The first kappa shape index (κ1) is 21.0. The van der Waals surface area contributed by atoms with Gasteiger partial charge < -0.3 is 15.4 Å². The van der Waals surface area contributed by atoms with Gasteiger partial charge in [0.05, 0.1) is 12.6 Å². The average Bonchev–Trinajstić information content (AvgIpc) is 2.89. The van der Waals surface area contributed by atoms with E-state index in [1.807, 2.05) is 0 Å². The van der Waals surface area contributed by atoms with Crippen LogP contribution in [0.2, 0.25) is 0 Å². The molecule has 1 aliphatic rings. The van der Waals surface area contributed by atoms with Gasteiger partial charge in [-0.1, -0.05) is 26.7 Å². The van der Waals surface area contributed by atoms with Gasteiger partial charge in [-0.15, -0.1) is 24.0 Å². The summed E-state index contributed by atoms with van der Waals surface area (Å²) in [6.45, 7) is 11.5. The van der Waals surface area contributed by atoms with Crippen molar-refractivity contribution in [1.29, 1.82) is 0 Å². The Balaban J connectivity index is 0.00000400. The Morgan fingerprint density at radius 1 is 1.29 bits per heavy atom. The van der Waals surface area contributed by atoms with Crippen molar-refractivity contribution in [3.63, 3.8) is 0 Å². The van der Waals surface area contributed by atoms with Crippen LogP contribution in [0.5, 0.6) is 0 Å². The number of hydrogen-bond acceptors (Lipinski definition) is 2. The third-order valence-electron chi connectivity index (χ3n) is 3.62. The number of halogens is 1. The third-order valence-corrected chi connectivity index (χ3v) is 3.62. The summed E-state index contributed by atoms with van der Waals surface area (Å²) in [5.41, 5.74) is 0. The van der Waals surface area contributed by atoms with E-state index in [0.29, 0.717) is 12.1 Å². The van der Waals surface area contributed by atoms with Gasteiger partial charge in [0.2, 0.25) is 0 Å². The van der Waals surface area contributed by atoms with E-state index < -0.39 is 0 Å². The van der Waals surface area contributed by atoms with Crippen LogP contribution in [0, 0.1) is 5.92 Å². The lowest BCUT2D eigenvalue weighted by molar-refractivity contribution is 0.117. The number of guanidine groups is 1. The van der Waals surface area contributed by atoms with Gasteiger partial charge in [0.15, 0.2) is 5.96 Å². The molecule has 0 aromatic carbocycles. The summed E-state index contributed by atoms with van der Waals surface area (Å²) in [5, 5.41) is 6.82. The Hall–Kier alpha value is -0.0400. The number of rotatable bonds is 8. The Labute approximate surface area is 147 Å². The van der Waals surface area contributed by atoms with Crippen LogP contribution >= 0.6 is 24.0 Å². The monoisotopic (exact) mass is 411 g/mol. The lowest BCUT2D eigenvalue weighted by Gasteiger charge is -2.18. The fraction of sp³-hybridized carbons (Fsp3) is 0.938. The highest BCUT2D eigenvalue weighted by atomic mass is 127. The first-order chi connectivity index (χ1) is 9.61. The Morgan fingerprint density at radius 2 is 2.05 bits per heavy atom. The standard InChI is InChI=1S/C16H33N3O.HI/c1-5-17-16(18-12-15-10-7-11-20-15)19-14(4)9-6-8-13(2)3;/h13-15H,5-12H2,1-4H3,(H2,17,18,19);1H. The molecule has 126 valence electrons. The molecule has 1 fully saturated rings. The summed E-state index contributed by atoms with van der Waals surface area (Å²) in [6.07, 6.45) is 6.42. The van der Waals surface area contributed by atoms with E-state index in [4.69, 9.17) is 4.74 Å². The highest BCUT2D eigenvalue weighted by molar-refractivity contribution is 14.0. The van der Waals surface area contributed by atoms with Crippen molar-refractivity contribution in [2.45, 2.75) is 71.9 Å². The van der Waals surface area contributed by atoms with Gasteiger partial charge in [0.25, 0.3) is 0 Å². The van der Waals surface area contributed by atoms with Crippen molar-refractivity contribution in [3.05, 3.63) is 0 Å². The van der Waals surface area contributed by atoms with E-state index in [0.717, 1.165) is 38.0 Å². The molecule has 0 aromatic rings. The predicted molar refractivity (Wildman–Crippen MR) is 102 cm³/mol. The van der Waals surface area contributed by atoms with Crippen molar-refractivity contribution in [2.24, 2.45) is 10.9 Å². The highest BCUT2D eigenvalue weighted by Crippen LogP contribution is 2.12. The minimum absolute atomic E-state index is 0. The number of aliphatic imine (C=N–C) groups is 1. The van der Waals surface area contributed by atoms with E-state index in [1.54, 1.807) is 0 Å². The maximum absolute atomic E-state index is 5.62. The maximum atomic E-state index is 5.62. The molecule has 0 aromatic heterocycles. The molecule has 0 aliphatic carbocycles. The van der Waals surface area contributed by atoms with Gasteiger partial charge in [-0.2, -0.15) is 0 Å². The normalized spacial score (nSPS) is 20.2. The molecule has 0 spiro atoms. The van der Waals surface area contributed by atoms with Crippen LogP contribution in [0.15, 0.2) is 4.99 Å². The van der Waals surface area contributed by atoms with Crippen LogP contribution in [0.3, 0.4) is 0 Å². The molecule has 4 nitrogen and oxygen atoms in total. The number of nitrogens with zero attached hydrogens (tertiary/aromatic N) is 1. The minimum atomic E-state index is 0. The van der Waals surface area contributed by atoms with E-state index in [-0.39, 0.29) is 24.0 Å². The molecule has 1 rings (SSSR count). The molecule has 2 unspecified atom stereocenters. The van der Waals surface area contributed by atoms with E-state index in [2.05, 4.69) is 43.3 Å². The van der Waals surface area contributed by atoms with Crippen molar-refractivity contribution >= 4 is 29.9 Å². The number of ether oxygens (including phenoxy) is 1. The molecular weight excluding hydrogens is 377 g/mol. The zero-order valence-electron chi connectivity index (χ0n) is 14.2. The van der Waals surface area contributed by atoms with Gasteiger partial charge in [0.1, 0.15) is 0 Å². The van der Waals surface area contributed by atoms with Gasteiger partial charge in [0, 0.05) is 19.2 Å². The molecular formula is C16H34IN3O. The fourth-order valence-electron chi connectivity index (χ4n) is 2.44. The molecule has 21 heavy (non-hydrogen) atoms. The minimum Gasteiger partial charge on any atom is -0.376 e. The quantitative estimate of drug-likeness (QED) is 0.365.